The normalized spacial score (nSPS) is 17.5. The summed E-state index contributed by atoms with van der Waals surface area (Å²) in [5.41, 5.74) is 2.48. The molecule has 3 heterocycles. The minimum atomic E-state index is -2.91. The zero-order chi connectivity index (χ0) is 27.4. The molecule has 5 rings (SSSR count). The van der Waals surface area contributed by atoms with Gasteiger partial charge in [-0.15, -0.1) is 0 Å². The lowest BCUT2D eigenvalue weighted by Crippen LogP contribution is -2.51. The first kappa shape index (κ1) is 26.4. The molecule has 2 aliphatic heterocycles. The van der Waals surface area contributed by atoms with E-state index in [1.807, 2.05) is 20.8 Å². The first-order valence-corrected chi connectivity index (χ1v) is 12.9. The van der Waals surface area contributed by atoms with Gasteiger partial charge in [0.25, 0.3) is 11.8 Å². The molecule has 3 aromatic rings. The number of hydrogen-bond acceptors (Lipinski definition) is 4. The van der Waals surface area contributed by atoms with Crippen LogP contribution >= 0.6 is 23.2 Å². The Morgan fingerprint density at radius 1 is 1.11 bits per heavy atom. The Labute approximate surface area is 228 Å². The highest BCUT2D eigenvalue weighted by Crippen LogP contribution is 2.36. The van der Waals surface area contributed by atoms with Gasteiger partial charge in [-0.2, -0.15) is 13.9 Å². The molecule has 0 saturated carbocycles. The van der Waals surface area contributed by atoms with E-state index in [-0.39, 0.29) is 30.2 Å². The molecule has 7 nitrogen and oxygen atoms in total. The highest BCUT2D eigenvalue weighted by Gasteiger charge is 2.41. The zero-order valence-electron chi connectivity index (χ0n) is 21.1. The van der Waals surface area contributed by atoms with Crippen molar-refractivity contribution in [2.45, 2.75) is 58.5 Å². The highest BCUT2D eigenvalue weighted by molar-refractivity contribution is 6.42. The van der Waals surface area contributed by atoms with Crippen LogP contribution in [-0.2, 0) is 25.0 Å². The second kappa shape index (κ2) is 9.85. The molecule has 0 unspecified atom stereocenters. The van der Waals surface area contributed by atoms with Crippen molar-refractivity contribution in [2.75, 3.05) is 6.54 Å². The van der Waals surface area contributed by atoms with Crippen molar-refractivity contribution < 1.29 is 23.1 Å². The van der Waals surface area contributed by atoms with Gasteiger partial charge in [-0.3, -0.25) is 14.3 Å². The van der Waals surface area contributed by atoms with Gasteiger partial charge in [-0.1, -0.05) is 35.3 Å². The van der Waals surface area contributed by atoms with Crippen molar-refractivity contribution in [3.05, 3.63) is 80.6 Å². The molecule has 2 aliphatic rings. The van der Waals surface area contributed by atoms with Crippen LogP contribution < -0.4 is 4.74 Å². The Morgan fingerprint density at radius 3 is 2.47 bits per heavy atom. The summed E-state index contributed by atoms with van der Waals surface area (Å²) < 4.78 is 31.3. The van der Waals surface area contributed by atoms with Crippen LogP contribution in [0, 0.1) is 0 Å². The van der Waals surface area contributed by atoms with Gasteiger partial charge in [-0.25, -0.2) is 0 Å². The number of benzene rings is 2. The zero-order valence-corrected chi connectivity index (χ0v) is 22.6. The van der Waals surface area contributed by atoms with Gasteiger partial charge < -0.3 is 14.5 Å². The fourth-order valence-corrected chi connectivity index (χ4v) is 5.52. The SMILES string of the molecule is C[C@@H]1Cc2nn3c(c2CN1C(=O)c1ccc(Cl)c(Cl)c1)C(=O)N(C(C)(C)c1ccc(OC(F)F)cc1)CC3. The first-order valence-electron chi connectivity index (χ1n) is 12.2. The average Bonchev–Trinajstić information content (AvgIpc) is 3.22. The number of carbonyl (C=O) groups excluding carboxylic acids is 2. The summed E-state index contributed by atoms with van der Waals surface area (Å²) >= 11 is 12.2. The van der Waals surface area contributed by atoms with Crippen LogP contribution in [0.3, 0.4) is 0 Å². The highest BCUT2D eigenvalue weighted by atomic mass is 35.5. The lowest BCUT2D eigenvalue weighted by atomic mass is 9.90. The summed E-state index contributed by atoms with van der Waals surface area (Å²) in [6, 6.07) is 11.0. The number of nitrogens with zero attached hydrogens (tertiary/aromatic N) is 4. The molecular formula is C27H26Cl2F2N4O3. The van der Waals surface area contributed by atoms with Crippen LogP contribution in [0.25, 0.3) is 0 Å². The summed E-state index contributed by atoms with van der Waals surface area (Å²) in [4.78, 5) is 30.8. The summed E-state index contributed by atoms with van der Waals surface area (Å²) in [6.45, 7) is 4.04. The van der Waals surface area contributed by atoms with E-state index in [1.54, 1.807) is 44.8 Å². The van der Waals surface area contributed by atoms with Crippen LogP contribution in [0.5, 0.6) is 5.75 Å². The van der Waals surface area contributed by atoms with E-state index in [0.29, 0.717) is 40.8 Å². The molecule has 0 aliphatic carbocycles. The fraction of sp³-hybridized carbons (Fsp3) is 0.370. The molecule has 38 heavy (non-hydrogen) atoms. The number of halogens is 4. The van der Waals surface area contributed by atoms with Gasteiger partial charge in [0.2, 0.25) is 0 Å². The molecule has 0 N–H and O–H groups in total. The standard InChI is InChI=1S/C27H26Cl2F2N4O3/c1-15-12-22-19(14-33(15)24(36)16-4-9-20(28)21(29)13-16)23-25(37)34(10-11-35(23)32-22)27(2,3)17-5-7-18(8-6-17)38-26(30)31/h4-9,13,15,26H,10-12,14H2,1-3H3/t15-/m1/s1. The minimum absolute atomic E-state index is 0.0533. The maximum atomic E-state index is 13.9. The van der Waals surface area contributed by atoms with E-state index in [9.17, 15) is 18.4 Å². The van der Waals surface area contributed by atoms with Crippen molar-refractivity contribution in [3.63, 3.8) is 0 Å². The Kier molecular flexibility index (Phi) is 6.86. The maximum Gasteiger partial charge on any atom is 0.387 e. The third-order valence-electron chi connectivity index (χ3n) is 7.35. The molecule has 0 spiro atoms. The van der Waals surface area contributed by atoms with Crippen LogP contribution in [0.4, 0.5) is 8.78 Å². The Balaban J connectivity index is 1.43. The number of carbonyl (C=O) groups is 2. The van der Waals surface area contributed by atoms with Crippen molar-refractivity contribution in [1.82, 2.24) is 19.6 Å². The molecule has 0 bridgehead atoms. The molecule has 2 amide bonds. The Morgan fingerprint density at radius 2 is 1.82 bits per heavy atom. The van der Waals surface area contributed by atoms with Crippen molar-refractivity contribution in [2.24, 2.45) is 0 Å². The van der Waals surface area contributed by atoms with E-state index in [2.05, 4.69) is 4.74 Å². The third kappa shape index (κ3) is 4.62. The number of rotatable bonds is 5. The van der Waals surface area contributed by atoms with Crippen LogP contribution in [0.15, 0.2) is 42.5 Å². The number of alkyl halides is 2. The average molecular weight is 563 g/mol. The number of amides is 2. The lowest BCUT2D eigenvalue weighted by molar-refractivity contribution is -0.0498. The number of hydrogen-bond donors (Lipinski definition) is 0. The van der Waals surface area contributed by atoms with E-state index in [1.165, 1.54) is 12.1 Å². The number of aromatic nitrogens is 2. The van der Waals surface area contributed by atoms with Crippen LogP contribution in [-0.4, -0.2) is 50.6 Å². The summed E-state index contributed by atoms with van der Waals surface area (Å²) in [6.07, 6.45) is 0.519. The van der Waals surface area contributed by atoms with E-state index < -0.39 is 12.2 Å². The second-order valence-electron chi connectivity index (χ2n) is 10.0. The van der Waals surface area contributed by atoms with Gasteiger partial charge in [-0.05, 0) is 56.7 Å². The molecule has 0 fully saturated rings. The molecule has 0 radical (unpaired) electrons. The molecular weight excluding hydrogens is 537 g/mol. The minimum Gasteiger partial charge on any atom is -0.435 e. The summed E-state index contributed by atoms with van der Waals surface area (Å²) in [5.74, 6) is -0.342. The van der Waals surface area contributed by atoms with Crippen molar-refractivity contribution >= 4 is 35.0 Å². The predicted octanol–water partition coefficient (Wildman–Crippen LogP) is 5.77. The quantitative estimate of drug-likeness (QED) is 0.396. The Bertz CT molecular complexity index is 1410. The molecule has 0 saturated heterocycles. The van der Waals surface area contributed by atoms with Crippen LogP contribution in [0.2, 0.25) is 10.0 Å². The topological polar surface area (TPSA) is 67.7 Å². The molecule has 1 atom stereocenters. The fourth-order valence-electron chi connectivity index (χ4n) is 5.22. The summed E-state index contributed by atoms with van der Waals surface area (Å²) in [7, 11) is 0. The predicted molar refractivity (Wildman–Crippen MR) is 139 cm³/mol. The van der Waals surface area contributed by atoms with Gasteiger partial charge >= 0.3 is 6.61 Å². The van der Waals surface area contributed by atoms with E-state index >= 15 is 0 Å². The van der Waals surface area contributed by atoms with Gasteiger partial charge in [0, 0.05) is 30.1 Å². The number of ether oxygens (including phenoxy) is 1. The molecule has 200 valence electrons. The van der Waals surface area contributed by atoms with Gasteiger partial charge in [0.15, 0.2) is 0 Å². The van der Waals surface area contributed by atoms with Crippen LogP contribution in [0.1, 0.15) is 58.4 Å². The third-order valence-corrected chi connectivity index (χ3v) is 8.09. The lowest BCUT2D eigenvalue weighted by Gasteiger charge is -2.42. The number of fused-ring (bicyclic) bond motifs is 3. The largest absolute Gasteiger partial charge is 0.435 e. The van der Waals surface area contributed by atoms with Gasteiger partial charge in [0.1, 0.15) is 11.4 Å². The second-order valence-corrected chi connectivity index (χ2v) is 10.8. The van der Waals surface area contributed by atoms with E-state index in [4.69, 9.17) is 28.3 Å². The smallest absolute Gasteiger partial charge is 0.387 e. The monoisotopic (exact) mass is 562 g/mol. The summed E-state index contributed by atoms with van der Waals surface area (Å²) in [5, 5.41) is 5.38. The van der Waals surface area contributed by atoms with Gasteiger partial charge in [0.05, 0.1) is 34.4 Å². The molecule has 11 heteroatoms. The molecule has 1 aromatic heterocycles. The van der Waals surface area contributed by atoms with Crippen molar-refractivity contribution in [3.8, 4) is 5.75 Å². The first-order chi connectivity index (χ1) is 18.0. The van der Waals surface area contributed by atoms with E-state index in [0.717, 1.165) is 16.8 Å². The van der Waals surface area contributed by atoms with Crippen molar-refractivity contribution in [1.29, 1.82) is 0 Å². The Hall–Kier alpha value is -3.17. The molecule has 2 aromatic carbocycles. The maximum absolute atomic E-state index is 13.9.